The molecule has 0 aromatic heterocycles. The van der Waals surface area contributed by atoms with E-state index in [2.05, 4.69) is 45.6 Å². The Bertz CT molecular complexity index is 836. The van der Waals surface area contributed by atoms with Crippen LogP contribution in [-0.2, 0) is 11.2 Å². The van der Waals surface area contributed by atoms with E-state index in [0.717, 1.165) is 12.0 Å². The maximum Gasteiger partial charge on any atom is 0.225 e. The second-order valence-electron chi connectivity index (χ2n) is 7.17. The van der Waals surface area contributed by atoms with Gasteiger partial charge in [0.05, 0.1) is 6.54 Å². The number of aliphatic imine (C=N–C) groups is 1. The molecule has 4 nitrogen and oxygen atoms in total. The molecule has 140 valence electrons. The van der Waals surface area contributed by atoms with Gasteiger partial charge in [-0.05, 0) is 42.2 Å². The topological polar surface area (TPSA) is 44.7 Å². The van der Waals surface area contributed by atoms with Crippen LogP contribution in [0.4, 0.5) is 5.69 Å². The first-order chi connectivity index (χ1) is 13.0. The third-order valence-electron chi connectivity index (χ3n) is 4.85. The van der Waals surface area contributed by atoms with Gasteiger partial charge in [-0.15, -0.1) is 0 Å². The minimum absolute atomic E-state index is 0.0131. The lowest BCUT2D eigenvalue weighted by Gasteiger charge is -2.21. The maximum absolute atomic E-state index is 12.3. The average molecular weight is 361 g/mol. The summed E-state index contributed by atoms with van der Waals surface area (Å²) in [7, 11) is 4.08. The Balaban J connectivity index is 1.56. The summed E-state index contributed by atoms with van der Waals surface area (Å²) in [5, 5.41) is 2.97. The minimum atomic E-state index is 0.0131. The van der Waals surface area contributed by atoms with Crippen molar-refractivity contribution < 1.29 is 4.79 Å². The third kappa shape index (κ3) is 5.07. The number of amides is 1. The summed E-state index contributed by atoms with van der Waals surface area (Å²) >= 11 is 0. The standard InChI is InChI=1S/C23H27N3O/c1-17-15-20(19-10-12-21(13-11-19)26(2)3)16-24-23(17)25-22(27)14-9-18-7-5-4-6-8-18/h4-8,10-13,15,20H,9,14,16H2,1-3H3,(H,24,25,27). The van der Waals surface area contributed by atoms with Crippen LogP contribution >= 0.6 is 0 Å². The van der Waals surface area contributed by atoms with Crippen LogP contribution in [0, 0.1) is 0 Å². The van der Waals surface area contributed by atoms with Gasteiger partial charge in [0, 0.05) is 32.1 Å². The van der Waals surface area contributed by atoms with Crippen molar-refractivity contribution in [2.75, 3.05) is 25.5 Å². The summed E-state index contributed by atoms with van der Waals surface area (Å²) in [6, 6.07) is 18.6. The maximum atomic E-state index is 12.3. The molecule has 0 aliphatic carbocycles. The van der Waals surface area contributed by atoms with Crippen molar-refractivity contribution in [1.29, 1.82) is 0 Å². The van der Waals surface area contributed by atoms with Crippen LogP contribution in [-0.4, -0.2) is 32.4 Å². The fourth-order valence-electron chi connectivity index (χ4n) is 3.20. The van der Waals surface area contributed by atoms with Gasteiger partial charge in [-0.1, -0.05) is 48.5 Å². The minimum Gasteiger partial charge on any atom is -0.378 e. The summed E-state index contributed by atoms with van der Waals surface area (Å²) in [6.07, 6.45) is 3.40. The Morgan fingerprint density at radius 2 is 1.81 bits per heavy atom. The normalized spacial score (nSPS) is 16.3. The largest absolute Gasteiger partial charge is 0.378 e. The number of dihydropyridines is 1. The summed E-state index contributed by atoms with van der Waals surface area (Å²) in [6.45, 7) is 2.67. The number of rotatable bonds is 5. The smallest absolute Gasteiger partial charge is 0.225 e. The van der Waals surface area contributed by atoms with Gasteiger partial charge in [0.2, 0.25) is 5.91 Å². The number of anilines is 1. The number of amidine groups is 1. The molecule has 1 atom stereocenters. The first-order valence-electron chi connectivity index (χ1n) is 9.37. The molecule has 1 unspecified atom stereocenters. The van der Waals surface area contributed by atoms with Crippen molar-refractivity contribution in [2.24, 2.45) is 4.99 Å². The molecule has 0 bridgehead atoms. The molecular weight excluding hydrogens is 334 g/mol. The molecule has 27 heavy (non-hydrogen) atoms. The van der Waals surface area contributed by atoms with Crippen molar-refractivity contribution in [3.8, 4) is 0 Å². The van der Waals surface area contributed by atoms with E-state index in [-0.39, 0.29) is 11.8 Å². The van der Waals surface area contributed by atoms with Crippen molar-refractivity contribution in [3.63, 3.8) is 0 Å². The zero-order chi connectivity index (χ0) is 19.2. The van der Waals surface area contributed by atoms with Gasteiger partial charge in [-0.2, -0.15) is 0 Å². The quantitative estimate of drug-likeness (QED) is 0.877. The van der Waals surface area contributed by atoms with Gasteiger partial charge in [-0.3, -0.25) is 9.79 Å². The Morgan fingerprint density at radius 1 is 1.11 bits per heavy atom. The lowest BCUT2D eigenvalue weighted by Crippen LogP contribution is -2.33. The van der Waals surface area contributed by atoms with Crippen LogP contribution in [0.2, 0.25) is 0 Å². The molecule has 0 radical (unpaired) electrons. The number of nitrogens with one attached hydrogen (secondary N) is 1. The van der Waals surface area contributed by atoms with Crippen LogP contribution in [0.15, 0.2) is 71.2 Å². The molecular formula is C23H27N3O. The van der Waals surface area contributed by atoms with E-state index in [1.165, 1.54) is 16.8 Å². The van der Waals surface area contributed by atoms with Crippen molar-refractivity contribution in [2.45, 2.75) is 25.7 Å². The fourth-order valence-corrected chi connectivity index (χ4v) is 3.20. The van der Waals surface area contributed by atoms with E-state index in [9.17, 15) is 4.79 Å². The van der Waals surface area contributed by atoms with E-state index in [1.54, 1.807) is 0 Å². The van der Waals surface area contributed by atoms with Gasteiger partial charge < -0.3 is 10.2 Å². The summed E-state index contributed by atoms with van der Waals surface area (Å²) in [5.41, 5.74) is 4.63. The molecule has 0 saturated heterocycles. The van der Waals surface area contributed by atoms with Crippen molar-refractivity contribution in [3.05, 3.63) is 77.4 Å². The summed E-state index contributed by atoms with van der Waals surface area (Å²) in [4.78, 5) is 19.0. The molecule has 1 N–H and O–H groups in total. The number of carbonyl (C=O) groups excluding carboxylic acids is 1. The second-order valence-corrected chi connectivity index (χ2v) is 7.17. The van der Waals surface area contributed by atoms with Gasteiger partial charge in [0.15, 0.2) is 0 Å². The van der Waals surface area contributed by atoms with Crippen molar-refractivity contribution in [1.82, 2.24) is 5.32 Å². The van der Waals surface area contributed by atoms with Crippen LogP contribution in [0.25, 0.3) is 0 Å². The Hall–Kier alpha value is -2.88. The zero-order valence-electron chi connectivity index (χ0n) is 16.3. The van der Waals surface area contributed by atoms with Gasteiger partial charge in [0.25, 0.3) is 0 Å². The van der Waals surface area contributed by atoms with Gasteiger partial charge >= 0.3 is 0 Å². The summed E-state index contributed by atoms with van der Waals surface area (Å²) in [5.74, 6) is 0.972. The number of carbonyl (C=O) groups is 1. The number of nitrogens with zero attached hydrogens (tertiary/aromatic N) is 2. The molecule has 0 fully saturated rings. The molecule has 1 aliphatic rings. The average Bonchev–Trinajstić information content (AvgIpc) is 2.69. The first kappa shape index (κ1) is 18.9. The fraction of sp³-hybridized carbons (Fsp3) is 0.304. The molecule has 0 spiro atoms. The Labute approximate surface area is 161 Å². The predicted molar refractivity (Wildman–Crippen MR) is 112 cm³/mol. The number of hydrogen-bond donors (Lipinski definition) is 1. The highest BCUT2D eigenvalue weighted by atomic mass is 16.1. The lowest BCUT2D eigenvalue weighted by molar-refractivity contribution is -0.119. The molecule has 0 saturated carbocycles. The third-order valence-corrected chi connectivity index (χ3v) is 4.85. The van der Waals surface area contributed by atoms with E-state index in [0.29, 0.717) is 18.8 Å². The molecule has 3 rings (SSSR count). The Morgan fingerprint density at radius 3 is 2.44 bits per heavy atom. The van der Waals surface area contributed by atoms with Crippen LogP contribution in [0.3, 0.4) is 0 Å². The van der Waals surface area contributed by atoms with E-state index < -0.39 is 0 Å². The molecule has 1 heterocycles. The zero-order valence-corrected chi connectivity index (χ0v) is 16.3. The monoisotopic (exact) mass is 361 g/mol. The number of benzene rings is 2. The van der Waals surface area contributed by atoms with Gasteiger partial charge in [-0.25, -0.2) is 0 Å². The highest BCUT2D eigenvalue weighted by Crippen LogP contribution is 2.25. The second kappa shape index (κ2) is 8.67. The van der Waals surface area contributed by atoms with E-state index in [4.69, 9.17) is 0 Å². The van der Waals surface area contributed by atoms with Gasteiger partial charge in [0.1, 0.15) is 5.84 Å². The van der Waals surface area contributed by atoms with Crippen LogP contribution in [0.1, 0.15) is 30.4 Å². The summed E-state index contributed by atoms with van der Waals surface area (Å²) < 4.78 is 0. The first-order valence-corrected chi connectivity index (χ1v) is 9.37. The van der Waals surface area contributed by atoms with E-state index >= 15 is 0 Å². The lowest BCUT2D eigenvalue weighted by atomic mass is 9.94. The molecule has 4 heteroatoms. The van der Waals surface area contributed by atoms with E-state index in [1.807, 2.05) is 51.4 Å². The van der Waals surface area contributed by atoms with Crippen molar-refractivity contribution >= 4 is 17.4 Å². The molecule has 1 aliphatic heterocycles. The highest BCUT2D eigenvalue weighted by molar-refractivity contribution is 6.07. The van der Waals surface area contributed by atoms with Crippen LogP contribution < -0.4 is 10.2 Å². The SMILES string of the molecule is CC1=CC(c2ccc(N(C)C)cc2)CN=C1NC(=O)CCc1ccccc1. The molecule has 2 aromatic rings. The molecule has 2 aromatic carbocycles. The number of hydrogen-bond acceptors (Lipinski definition) is 3. The highest BCUT2D eigenvalue weighted by Gasteiger charge is 2.17. The molecule has 1 amide bonds. The van der Waals surface area contributed by atoms with Crippen LogP contribution in [0.5, 0.6) is 0 Å². The number of aryl methyl sites for hydroxylation is 1. The predicted octanol–water partition coefficient (Wildman–Crippen LogP) is 3.94. The Kier molecular flexibility index (Phi) is 6.07.